The van der Waals surface area contributed by atoms with E-state index in [1.807, 2.05) is 23.1 Å². The Bertz CT molecular complexity index is 667. The van der Waals surface area contributed by atoms with Gasteiger partial charge in [-0.2, -0.15) is 0 Å². The van der Waals surface area contributed by atoms with Gasteiger partial charge in [-0.15, -0.1) is 10.2 Å². The Kier molecular flexibility index (Phi) is 4.65. The molecule has 0 atom stereocenters. The minimum atomic E-state index is 0.0938. The van der Waals surface area contributed by atoms with Gasteiger partial charge in [0.1, 0.15) is 11.6 Å². The van der Waals surface area contributed by atoms with E-state index in [0.717, 1.165) is 18.9 Å². The van der Waals surface area contributed by atoms with Crippen molar-refractivity contribution < 1.29 is 4.79 Å². The average molecular weight is 333 g/mol. The fraction of sp³-hybridized carbons (Fsp3) is 0.429. The Morgan fingerprint density at radius 2 is 2.04 bits per heavy atom. The van der Waals surface area contributed by atoms with Gasteiger partial charge in [0, 0.05) is 32.4 Å². The number of hydrogen-bond acceptors (Lipinski definition) is 7. The number of piperazine rings is 1. The fourth-order valence-electron chi connectivity index (χ4n) is 2.39. The van der Waals surface area contributed by atoms with Gasteiger partial charge in [-0.05, 0) is 19.1 Å². The Morgan fingerprint density at radius 3 is 2.65 bits per heavy atom. The summed E-state index contributed by atoms with van der Waals surface area (Å²) in [5.41, 5.74) is 0. The molecule has 1 saturated heterocycles. The molecule has 0 bridgehead atoms. The smallest absolute Gasteiger partial charge is 0.233 e. The highest BCUT2D eigenvalue weighted by Crippen LogP contribution is 2.17. The van der Waals surface area contributed by atoms with Crippen molar-refractivity contribution in [2.24, 2.45) is 0 Å². The van der Waals surface area contributed by atoms with Gasteiger partial charge in [0.15, 0.2) is 0 Å². The summed E-state index contributed by atoms with van der Waals surface area (Å²) in [5.74, 6) is 7.78. The summed E-state index contributed by atoms with van der Waals surface area (Å²) in [6, 6.07) is 5.86. The van der Waals surface area contributed by atoms with E-state index >= 15 is 0 Å². The van der Waals surface area contributed by atoms with Crippen LogP contribution in [0.25, 0.3) is 0 Å². The molecule has 1 aliphatic rings. The number of carbonyl (C=O) groups excluding carboxylic acids is 1. The summed E-state index contributed by atoms with van der Waals surface area (Å²) in [4.78, 5) is 20.7. The molecule has 122 valence electrons. The van der Waals surface area contributed by atoms with Crippen molar-refractivity contribution >= 4 is 23.5 Å². The Morgan fingerprint density at radius 1 is 1.26 bits per heavy atom. The molecule has 0 unspecified atom stereocenters. The quantitative estimate of drug-likeness (QED) is 0.628. The molecule has 2 N–H and O–H groups in total. The molecule has 1 fully saturated rings. The lowest BCUT2D eigenvalue weighted by molar-refractivity contribution is -0.128. The normalized spacial score (nSPS) is 15.0. The standard InChI is InChI=1S/C14H19N7OS/c1-11-17-18-14(21(11)15)23-10-13(22)20-8-6-19(7-9-20)12-4-2-3-5-16-12/h2-5H,6-10,15H2,1H3. The number of amides is 1. The Labute approximate surface area is 138 Å². The van der Waals surface area contributed by atoms with Crippen LogP contribution in [0, 0.1) is 6.92 Å². The van der Waals surface area contributed by atoms with Gasteiger partial charge < -0.3 is 15.6 Å². The summed E-state index contributed by atoms with van der Waals surface area (Å²) in [7, 11) is 0. The summed E-state index contributed by atoms with van der Waals surface area (Å²) in [5, 5.41) is 8.38. The van der Waals surface area contributed by atoms with Crippen LogP contribution in [0.3, 0.4) is 0 Å². The molecule has 0 saturated carbocycles. The largest absolute Gasteiger partial charge is 0.353 e. The third kappa shape index (κ3) is 3.55. The number of nitrogens with zero attached hydrogens (tertiary/aromatic N) is 6. The van der Waals surface area contributed by atoms with Crippen molar-refractivity contribution in [1.82, 2.24) is 24.8 Å². The highest BCUT2D eigenvalue weighted by Gasteiger charge is 2.22. The van der Waals surface area contributed by atoms with E-state index in [-0.39, 0.29) is 5.91 Å². The highest BCUT2D eigenvalue weighted by atomic mass is 32.2. The second-order valence-electron chi connectivity index (χ2n) is 5.24. The number of aromatic nitrogens is 4. The van der Waals surface area contributed by atoms with E-state index in [4.69, 9.17) is 5.84 Å². The van der Waals surface area contributed by atoms with Crippen LogP contribution >= 0.6 is 11.8 Å². The number of thioether (sulfide) groups is 1. The van der Waals surface area contributed by atoms with Gasteiger partial charge in [-0.25, -0.2) is 9.66 Å². The maximum atomic E-state index is 12.3. The minimum Gasteiger partial charge on any atom is -0.353 e. The molecule has 2 aromatic rings. The topological polar surface area (TPSA) is 93.2 Å². The van der Waals surface area contributed by atoms with Crippen LogP contribution in [-0.2, 0) is 4.79 Å². The van der Waals surface area contributed by atoms with Crippen LogP contribution in [0.1, 0.15) is 5.82 Å². The minimum absolute atomic E-state index is 0.0938. The maximum absolute atomic E-state index is 12.3. The van der Waals surface area contributed by atoms with Crippen molar-refractivity contribution in [3.63, 3.8) is 0 Å². The first-order valence-electron chi connectivity index (χ1n) is 7.39. The summed E-state index contributed by atoms with van der Waals surface area (Å²) >= 11 is 1.31. The second-order valence-corrected chi connectivity index (χ2v) is 6.19. The lowest BCUT2D eigenvalue weighted by Crippen LogP contribution is -2.49. The first-order chi connectivity index (χ1) is 11.1. The van der Waals surface area contributed by atoms with Gasteiger partial charge in [0.25, 0.3) is 0 Å². The summed E-state index contributed by atoms with van der Waals surface area (Å²) in [6.45, 7) is 4.75. The molecule has 1 amide bonds. The summed E-state index contributed by atoms with van der Waals surface area (Å²) < 4.78 is 1.40. The van der Waals surface area contributed by atoms with E-state index in [1.54, 1.807) is 13.1 Å². The molecule has 2 aromatic heterocycles. The summed E-state index contributed by atoms with van der Waals surface area (Å²) in [6.07, 6.45) is 1.79. The zero-order valence-corrected chi connectivity index (χ0v) is 13.7. The number of nitrogen functional groups attached to an aromatic ring is 1. The van der Waals surface area contributed by atoms with E-state index in [2.05, 4.69) is 20.1 Å². The van der Waals surface area contributed by atoms with Gasteiger partial charge in [0.2, 0.25) is 11.1 Å². The van der Waals surface area contributed by atoms with Crippen molar-refractivity contribution in [3.8, 4) is 0 Å². The van der Waals surface area contributed by atoms with Gasteiger partial charge >= 0.3 is 0 Å². The van der Waals surface area contributed by atoms with Gasteiger partial charge in [-0.3, -0.25) is 4.79 Å². The Hall–Kier alpha value is -2.29. The van der Waals surface area contributed by atoms with Crippen molar-refractivity contribution in [1.29, 1.82) is 0 Å². The fourth-order valence-corrected chi connectivity index (χ4v) is 3.20. The van der Waals surface area contributed by atoms with Crippen molar-refractivity contribution in [2.45, 2.75) is 12.1 Å². The molecular formula is C14H19N7OS. The lowest BCUT2D eigenvalue weighted by atomic mass is 10.3. The third-order valence-corrected chi connectivity index (χ3v) is 4.69. The van der Waals surface area contributed by atoms with Crippen LogP contribution in [-0.4, -0.2) is 62.6 Å². The first kappa shape index (κ1) is 15.6. The molecule has 0 aliphatic carbocycles. The molecule has 0 aromatic carbocycles. The SMILES string of the molecule is Cc1nnc(SCC(=O)N2CCN(c3ccccn3)CC2)n1N. The van der Waals surface area contributed by atoms with Crippen LogP contribution in [0.5, 0.6) is 0 Å². The van der Waals surface area contributed by atoms with Gasteiger partial charge in [0.05, 0.1) is 5.75 Å². The van der Waals surface area contributed by atoms with Crippen molar-refractivity contribution in [3.05, 3.63) is 30.2 Å². The maximum Gasteiger partial charge on any atom is 0.233 e. The van der Waals surface area contributed by atoms with Crippen LogP contribution in [0.2, 0.25) is 0 Å². The first-order valence-corrected chi connectivity index (χ1v) is 8.37. The van der Waals surface area contributed by atoms with Gasteiger partial charge in [-0.1, -0.05) is 17.8 Å². The molecule has 0 radical (unpaired) electrons. The molecule has 3 heterocycles. The molecule has 0 spiro atoms. The molecule has 8 nitrogen and oxygen atoms in total. The lowest BCUT2D eigenvalue weighted by Gasteiger charge is -2.35. The van der Waals surface area contributed by atoms with E-state index in [9.17, 15) is 4.79 Å². The number of hydrogen-bond donors (Lipinski definition) is 1. The van der Waals surface area contributed by atoms with Crippen LogP contribution < -0.4 is 10.7 Å². The monoisotopic (exact) mass is 333 g/mol. The number of rotatable bonds is 4. The zero-order chi connectivity index (χ0) is 16.2. The third-order valence-electron chi connectivity index (χ3n) is 3.77. The predicted octanol–water partition coefficient (Wildman–Crippen LogP) is 0.136. The second kappa shape index (κ2) is 6.86. The van der Waals surface area contributed by atoms with E-state index < -0.39 is 0 Å². The van der Waals surface area contributed by atoms with E-state index in [1.165, 1.54) is 16.4 Å². The average Bonchev–Trinajstić information content (AvgIpc) is 2.92. The number of aryl methyl sites for hydroxylation is 1. The number of anilines is 1. The zero-order valence-electron chi connectivity index (χ0n) is 12.9. The Balaban J connectivity index is 1.49. The number of carbonyl (C=O) groups is 1. The number of pyridine rings is 1. The molecule has 1 aliphatic heterocycles. The molecular weight excluding hydrogens is 314 g/mol. The highest BCUT2D eigenvalue weighted by molar-refractivity contribution is 7.99. The van der Waals surface area contributed by atoms with E-state index in [0.29, 0.717) is 29.8 Å². The van der Waals surface area contributed by atoms with Crippen LogP contribution in [0.15, 0.2) is 29.6 Å². The van der Waals surface area contributed by atoms with Crippen molar-refractivity contribution in [2.75, 3.05) is 42.7 Å². The molecule has 9 heteroatoms. The predicted molar refractivity (Wildman–Crippen MR) is 88.7 cm³/mol. The number of nitrogens with two attached hydrogens (primary N) is 1. The molecule has 23 heavy (non-hydrogen) atoms. The van der Waals surface area contributed by atoms with Crippen LogP contribution in [0.4, 0.5) is 5.82 Å². The molecule has 3 rings (SSSR count).